The van der Waals surface area contributed by atoms with Crippen molar-refractivity contribution in [3.63, 3.8) is 0 Å². The highest BCUT2D eigenvalue weighted by Gasteiger charge is 2.24. The number of H-pyrrole nitrogens is 1. The number of nitrogens with one attached hydrogen (secondary N) is 1. The zero-order chi connectivity index (χ0) is 17.1. The molecule has 25 heavy (non-hydrogen) atoms. The Morgan fingerprint density at radius 1 is 1.08 bits per heavy atom. The Labute approximate surface area is 150 Å². The fraction of sp³-hybridized carbons (Fsp3) is 0.263. The second kappa shape index (κ2) is 7.21. The Kier molecular flexibility index (Phi) is 4.63. The molecule has 0 saturated carbocycles. The van der Waals surface area contributed by atoms with Crippen LogP contribution in [0.4, 0.5) is 0 Å². The smallest absolute Gasteiger partial charge is 0.274 e. The zero-order valence-corrected chi connectivity index (χ0v) is 14.7. The molecule has 2 aromatic heterocycles. The molecule has 1 saturated heterocycles. The summed E-state index contributed by atoms with van der Waals surface area (Å²) in [5.74, 6) is 0.0124. The number of carbonyl (C=O) groups is 1. The largest absolute Gasteiger partial charge is 0.335 e. The SMILES string of the molecule is O=C(c1cc(-c2cccs2)[nH]n1)N1CCN(Cc2ccccc2)CC1. The number of carbonyl (C=O) groups excluding carboxylic acids is 1. The standard InChI is InChI=1S/C19H20N4OS/c24-19(17-13-16(20-21-17)18-7-4-12-25-18)23-10-8-22(9-11-23)14-15-5-2-1-3-6-15/h1-7,12-13H,8-11,14H2,(H,20,21). The first-order valence-electron chi connectivity index (χ1n) is 8.44. The van der Waals surface area contributed by atoms with Crippen LogP contribution < -0.4 is 0 Å². The maximum Gasteiger partial charge on any atom is 0.274 e. The van der Waals surface area contributed by atoms with Gasteiger partial charge in [0.15, 0.2) is 5.69 Å². The molecule has 3 heterocycles. The normalized spacial score (nSPS) is 15.4. The summed E-state index contributed by atoms with van der Waals surface area (Å²) in [7, 11) is 0. The van der Waals surface area contributed by atoms with Gasteiger partial charge in [0.2, 0.25) is 0 Å². The second-order valence-corrected chi connectivity index (χ2v) is 7.15. The van der Waals surface area contributed by atoms with Gasteiger partial charge in [-0.3, -0.25) is 14.8 Å². The van der Waals surface area contributed by atoms with Crippen LogP contribution in [0.3, 0.4) is 0 Å². The maximum absolute atomic E-state index is 12.7. The van der Waals surface area contributed by atoms with Gasteiger partial charge in [0.1, 0.15) is 0 Å². The number of benzene rings is 1. The van der Waals surface area contributed by atoms with Crippen molar-refractivity contribution < 1.29 is 4.79 Å². The third-order valence-electron chi connectivity index (χ3n) is 4.49. The van der Waals surface area contributed by atoms with E-state index in [0.717, 1.165) is 43.3 Å². The summed E-state index contributed by atoms with van der Waals surface area (Å²) in [6, 6.07) is 16.3. The van der Waals surface area contributed by atoms with Crippen molar-refractivity contribution in [3.05, 3.63) is 65.2 Å². The van der Waals surface area contributed by atoms with Crippen LogP contribution >= 0.6 is 11.3 Å². The van der Waals surface area contributed by atoms with Crippen molar-refractivity contribution in [2.45, 2.75) is 6.54 Å². The molecular weight excluding hydrogens is 332 g/mol. The molecule has 1 N–H and O–H groups in total. The zero-order valence-electron chi connectivity index (χ0n) is 13.9. The van der Waals surface area contributed by atoms with Crippen molar-refractivity contribution in [1.82, 2.24) is 20.0 Å². The van der Waals surface area contributed by atoms with E-state index in [1.807, 2.05) is 34.5 Å². The molecule has 1 aliphatic rings. The quantitative estimate of drug-likeness (QED) is 0.785. The molecule has 1 fully saturated rings. The third kappa shape index (κ3) is 3.65. The summed E-state index contributed by atoms with van der Waals surface area (Å²) in [6.07, 6.45) is 0. The Morgan fingerprint density at radius 3 is 2.60 bits per heavy atom. The fourth-order valence-electron chi connectivity index (χ4n) is 3.10. The lowest BCUT2D eigenvalue weighted by atomic mass is 10.2. The first-order valence-corrected chi connectivity index (χ1v) is 9.32. The number of hydrogen-bond acceptors (Lipinski definition) is 4. The minimum Gasteiger partial charge on any atom is -0.335 e. The molecule has 0 spiro atoms. The number of piperazine rings is 1. The van der Waals surface area contributed by atoms with Gasteiger partial charge in [0.05, 0.1) is 10.6 Å². The van der Waals surface area contributed by atoms with Crippen molar-refractivity contribution >= 4 is 17.2 Å². The van der Waals surface area contributed by atoms with Gasteiger partial charge in [-0.25, -0.2) is 0 Å². The fourth-order valence-corrected chi connectivity index (χ4v) is 3.79. The van der Waals surface area contributed by atoms with Gasteiger partial charge in [-0.1, -0.05) is 36.4 Å². The lowest BCUT2D eigenvalue weighted by Crippen LogP contribution is -2.48. The van der Waals surface area contributed by atoms with Crippen LogP contribution in [0, 0.1) is 0 Å². The van der Waals surface area contributed by atoms with Crippen LogP contribution in [-0.2, 0) is 6.54 Å². The van der Waals surface area contributed by atoms with E-state index >= 15 is 0 Å². The van der Waals surface area contributed by atoms with Crippen molar-refractivity contribution in [2.75, 3.05) is 26.2 Å². The van der Waals surface area contributed by atoms with E-state index in [9.17, 15) is 4.79 Å². The second-order valence-electron chi connectivity index (χ2n) is 6.20. The summed E-state index contributed by atoms with van der Waals surface area (Å²) in [5, 5.41) is 9.20. The molecular formula is C19H20N4OS. The average molecular weight is 352 g/mol. The highest BCUT2D eigenvalue weighted by molar-refractivity contribution is 7.13. The van der Waals surface area contributed by atoms with Crippen molar-refractivity contribution in [2.24, 2.45) is 0 Å². The molecule has 5 nitrogen and oxygen atoms in total. The van der Waals surface area contributed by atoms with Gasteiger partial charge in [-0.15, -0.1) is 11.3 Å². The van der Waals surface area contributed by atoms with Crippen molar-refractivity contribution in [1.29, 1.82) is 0 Å². The molecule has 0 radical (unpaired) electrons. The van der Waals surface area contributed by atoms with Crippen LogP contribution in [-0.4, -0.2) is 52.1 Å². The average Bonchev–Trinajstić information content (AvgIpc) is 3.34. The van der Waals surface area contributed by atoms with Crippen LogP contribution in [0.1, 0.15) is 16.1 Å². The Hall–Kier alpha value is -2.44. The van der Waals surface area contributed by atoms with E-state index in [2.05, 4.69) is 39.4 Å². The summed E-state index contributed by atoms with van der Waals surface area (Å²) < 4.78 is 0. The molecule has 0 atom stereocenters. The molecule has 1 aliphatic heterocycles. The highest BCUT2D eigenvalue weighted by atomic mass is 32.1. The van der Waals surface area contributed by atoms with E-state index in [1.165, 1.54) is 5.56 Å². The predicted octanol–water partition coefficient (Wildman–Crippen LogP) is 3.10. The van der Waals surface area contributed by atoms with E-state index in [-0.39, 0.29) is 5.91 Å². The summed E-state index contributed by atoms with van der Waals surface area (Å²) >= 11 is 1.63. The monoisotopic (exact) mass is 352 g/mol. The topological polar surface area (TPSA) is 52.2 Å². The highest BCUT2D eigenvalue weighted by Crippen LogP contribution is 2.23. The molecule has 128 valence electrons. The molecule has 6 heteroatoms. The Bertz CT molecular complexity index is 820. The first-order chi connectivity index (χ1) is 12.3. The molecule has 0 unspecified atom stereocenters. The number of nitrogens with zero attached hydrogens (tertiary/aromatic N) is 3. The minimum absolute atomic E-state index is 0.0124. The van der Waals surface area contributed by atoms with E-state index in [0.29, 0.717) is 5.69 Å². The van der Waals surface area contributed by atoms with Crippen LogP contribution in [0.15, 0.2) is 53.9 Å². The first kappa shape index (κ1) is 16.1. The molecule has 0 bridgehead atoms. The number of rotatable bonds is 4. The molecule has 1 amide bonds. The number of hydrogen-bond donors (Lipinski definition) is 1. The predicted molar refractivity (Wildman–Crippen MR) is 99.5 cm³/mol. The molecule has 0 aliphatic carbocycles. The van der Waals surface area contributed by atoms with Crippen LogP contribution in [0.25, 0.3) is 10.6 Å². The Balaban J connectivity index is 1.35. The Morgan fingerprint density at radius 2 is 1.88 bits per heavy atom. The van der Waals surface area contributed by atoms with Crippen LogP contribution in [0.5, 0.6) is 0 Å². The number of aromatic nitrogens is 2. The van der Waals surface area contributed by atoms with Crippen LogP contribution in [0.2, 0.25) is 0 Å². The molecule has 3 aromatic rings. The maximum atomic E-state index is 12.7. The molecule has 1 aromatic carbocycles. The number of aromatic amines is 1. The number of amides is 1. The minimum atomic E-state index is 0.0124. The van der Waals surface area contributed by atoms with Gasteiger partial charge in [0, 0.05) is 32.7 Å². The third-order valence-corrected chi connectivity index (χ3v) is 5.40. The number of thiophene rings is 1. The van der Waals surface area contributed by atoms with E-state index in [1.54, 1.807) is 11.3 Å². The summed E-state index contributed by atoms with van der Waals surface area (Å²) in [6.45, 7) is 4.21. The van der Waals surface area contributed by atoms with Gasteiger partial charge < -0.3 is 4.90 Å². The lowest BCUT2D eigenvalue weighted by molar-refractivity contribution is 0.0622. The van der Waals surface area contributed by atoms with E-state index in [4.69, 9.17) is 0 Å². The van der Waals surface area contributed by atoms with Gasteiger partial charge >= 0.3 is 0 Å². The van der Waals surface area contributed by atoms with Crippen molar-refractivity contribution in [3.8, 4) is 10.6 Å². The van der Waals surface area contributed by atoms with E-state index < -0.39 is 0 Å². The van der Waals surface area contributed by atoms with Gasteiger partial charge in [-0.2, -0.15) is 5.10 Å². The summed E-state index contributed by atoms with van der Waals surface area (Å²) in [4.78, 5) is 18.1. The molecule has 4 rings (SSSR count). The lowest BCUT2D eigenvalue weighted by Gasteiger charge is -2.34. The summed E-state index contributed by atoms with van der Waals surface area (Å²) in [5.41, 5.74) is 2.72. The van der Waals surface area contributed by atoms with Gasteiger partial charge in [-0.05, 0) is 23.1 Å². The van der Waals surface area contributed by atoms with Gasteiger partial charge in [0.25, 0.3) is 5.91 Å².